The highest BCUT2D eigenvalue weighted by Gasteiger charge is 2.51. The first-order valence-corrected chi connectivity index (χ1v) is 15.8. The molecule has 0 saturated heterocycles. The van der Waals surface area contributed by atoms with Gasteiger partial charge in [0.15, 0.2) is 17.8 Å². The van der Waals surface area contributed by atoms with E-state index in [4.69, 9.17) is 13.9 Å². The molecule has 3 aromatic carbocycles. The van der Waals surface area contributed by atoms with E-state index in [2.05, 4.69) is 15.5 Å². The molecule has 10 heteroatoms. The number of aromatic nitrogens is 4. The van der Waals surface area contributed by atoms with Gasteiger partial charge < -0.3 is 13.9 Å². The van der Waals surface area contributed by atoms with Crippen LogP contribution in [0.25, 0.3) is 0 Å². The van der Waals surface area contributed by atoms with Gasteiger partial charge in [0.05, 0.1) is 20.3 Å². The quantitative estimate of drug-likeness (QED) is 0.163. The smallest absolute Gasteiger partial charge is 0.335 e. The molecule has 2 unspecified atom stereocenters. The minimum atomic E-state index is -3.44. The van der Waals surface area contributed by atoms with E-state index >= 15 is 0 Å². The molecule has 0 amide bonds. The predicted molar refractivity (Wildman–Crippen MR) is 156 cm³/mol. The lowest BCUT2D eigenvalue weighted by Gasteiger charge is -2.37. The van der Waals surface area contributed by atoms with Crippen molar-refractivity contribution < 1.29 is 23.5 Å². The van der Waals surface area contributed by atoms with Gasteiger partial charge in [-0.2, -0.15) is 0 Å². The Hall–Kier alpha value is -4.15. The second-order valence-corrected chi connectivity index (χ2v) is 13.4. The Morgan fingerprint density at radius 2 is 1.24 bits per heavy atom. The van der Waals surface area contributed by atoms with Crippen molar-refractivity contribution in [2.24, 2.45) is 0 Å². The number of hydrogen-bond acceptors (Lipinski definition) is 8. The van der Waals surface area contributed by atoms with Gasteiger partial charge in [0, 0.05) is 0 Å². The van der Waals surface area contributed by atoms with Gasteiger partial charge in [-0.3, -0.25) is 4.79 Å². The van der Waals surface area contributed by atoms with Crippen LogP contribution in [0.3, 0.4) is 0 Å². The molecular weight excluding hydrogens is 536 g/mol. The second-order valence-electron chi connectivity index (χ2n) is 10.1. The fourth-order valence-corrected chi connectivity index (χ4v) is 9.77. The SMILES string of the molecule is COC(=O)C(O[Si](c1ccccc1)(c1ccccc1)c1ccccc1)C(C(=O)OC)c1nnnn1C1CCCCC1. The lowest BCUT2D eigenvalue weighted by Crippen LogP contribution is -2.71. The van der Waals surface area contributed by atoms with E-state index < -0.39 is 32.3 Å². The third kappa shape index (κ3) is 5.70. The van der Waals surface area contributed by atoms with E-state index in [1.165, 1.54) is 14.2 Å². The molecule has 2 atom stereocenters. The number of carbonyl (C=O) groups excluding carboxylic acids is 2. The zero-order valence-corrected chi connectivity index (χ0v) is 24.3. The molecule has 1 heterocycles. The Morgan fingerprint density at radius 1 is 0.756 bits per heavy atom. The summed E-state index contributed by atoms with van der Waals surface area (Å²) in [6.45, 7) is 0. The summed E-state index contributed by atoms with van der Waals surface area (Å²) in [7, 11) is -0.871. The number of esters is 2. The minimum Gasteiger partial charge on any atom is -0.468 e. The monoisotopic (exact) mass is 570 g/mol. The second kappa shape index (κ2) is 13.0. The molecular formula is C31H34N4O5Si. The van der Waals surface area contributed by atoms with Crippen molar-refractivity contribution in [3.05, 3.63) is 96.8 Å². The van der Waals surface area contributed by atoms with Crippen molar-refractivity contribution in [3.63, 3.8) is 0 Å². The van der Waals surface area contributed by atoms with Crippen LogP contribution in [0.2, 0.25) is 0 Å². The summed E-state index contributed by atoms with van der Waals surface area (Å²) < 4.78 is 19.4. The number of nitrogens with zero attached hydrogens (tertiary/aromatic N) is 4. The summed E-state index contributed by atoms with van der Waals surface area (Å²) in [6, 6.07) is 29.5. The topological polar surface area (TPSA) is 105 Å². The van der Waals surface area contributed by atoms with Gasteiger partial charge in [-0.25, -0.2) is 9.48 Å². The molecule has 0 spiro atoms. The lowest BCUT2D eigenvalue weighted by molar-refractivity contribution is -0.158. The van der Waals surface area contributed by atoms with Crippen LogP contribution in [-0.2, 0) is 23.5 Å². The van der Waals surface area contributed by atoms with Crippen LogP contribution in [-0.4, -0.2) is 60.8 Å². The van der Waals surface area contributed by atoms with Crippen LogP contribution >= 0.6 is 0 Å². The molecule has 1 aromatic heterocycles. The molecule has 9 nitrogen and oxygen atoms in total. The molecule has 4 aromatic rings. The van der Waals surface area contributed by atoms with Gasteiger partial charge >= 0.3 is 11.9 Å². The van der Waals surface area contributed by atoms with E-state index in [0.29, 0.717) is 0 Å². The highest BCUT2D eigenvalue weighted by atomic mass is 28.4. The fourth-order valence-electron chi connectivity index (χ4n) is 5.76. The van der Waals surface area contributed by atoms with Crippen LogP contribution in [0.15, 0.2) is 91.0 Å². The van der Waals surface area contributed by atoms with Crippen LogP contribution in [0.1, 0.15) is 49.9 Å². The zero-order chi connectivity index (χ0) is 28.7. The Labute approximate surface area is 240 Å². The Kier molecular flexibility index (Phi) is 9.00. The maximum absolute atomic E-state index is 13.7. The summed E-state index contributed by atoms with van der Waals surface area (Å²) >= 11 is 0. The van der Waals surface area contributed by atoms with Gasteiger partial charge in [-0.15, -0.1) is 5.10 Å². The lowest BCUT2D eigenvalue weighted by atomic mass is 9.94. The first kappa shape index (κ1) is 28.4. The average molecular weight is 571 g/mol. The van der Waals surface area contributed by atoms with Gasteiger partial charge in [0.2, 0.25) is 0 Å². The van der Waals surface area contributed by atoms with Crippen LogP contribution < -0.4 is 15.6 Å². The summed E-state index contributed by atoms with van der Waals surface area (Å²) in [4.78, 5) is 27.3. The Morgan fingerprint density at radius 3 is 1.71 bits per heavy atom. The molecule has 0 N–H and O–H groups in total. The first-order valence-electron chi connectivity index (χ1n) is 13.9. The normalized spacial score (nSPS) is 15.6. The highest BCUT2D eigenvalue weighted by Crippen LogP contribution is 2.32. The molecule has 0 aliphatic heterocycles. The van der Waals surface area contributed by atoms with Gasteiger partial charge in [0.25, 0.3) is 8.32 Å². The third-order valence-corrected chi connectivity index (χ3v) is 11.8. The summed E-state index contributed by atoms with van der Waals surface area (Å²) in [5.74, 6) is -2.41. The standard InChI is InChI=1S/C31H34N4O5Si/c1-38-30(36)27(29-32-33-34-35(29)23-15-7-3-8-16-23)28(31(37)39-2)40-41(24-17-9-4-10-18-24,25-19-11-5-12-20-25)26-21-13-6-14-22-26/h4-6,9-14,17-23,27-28H,3,7-8,15-16H2,1-2H3. The number of carbonyl (C=O) groups is 2. The predicted octanol–water partition coefficient (Wildman–Crippen LogP) is 2.66. The fraction of sp³-hybridized carbons (Fsp3) is 0.323. The molecule has 1 fully saturated rings. The van der Waals surface area contributed by atoms with E-state index in [1.54, 1.807) is 4.68 Å². The molecule has 1 aliphatic carbocycles. The number of tetrazole rings is 1. The number of methoxy groups -OCH3 is 2. The molecule has 41 heavy (non-hydrogen) atoms. The number of hydrogen-bond donors (Lipinski definition) is 0. The molecule has 212 valence electrons. The van der Waals surface area contributed by atoms with Crippen molar-refractivity contribution >= 4 is 35.8 Å². The minimum absolute atomic E-state index is 0.0126. The molecule has 0 radical (unpaired) electrons. The summed E-state index contributed by atoms with van der Waals surface area (Å²) in [5.41, 5.74) is 0. The van der Waals surface area contributed by atoms with Crippen molar-refractivity contribution in [2.45, 2.75) is 50.2 Å². The third-order valence-electron chi connectivity index (χ3n) is 7.75. The van der Waals surface area contributed by atoms with Gasteiger partial charge in [-0.05, 0) is 38.8 Å². The summed E-state index contributed by atoms with van der Waals surface area (Å²) in [6.07, 6.45) is 3.58. The van der Waals surface area contributed by atoms with Crippen LogP contribution in [0.5, 0.6) is 0 Å². The van der Waals surface area contributed by atoms with Crippen LogP contribution in [0, 0.1) is 0 Å². The first-order chi connectivity index (χ1) is 20.1. The number of ether oxygens (including phenoxy) is 2. The Bertz CT molecular complexity index is 1330. The Balaban J connectivity index is 1.72. The van der Waals surface area contributed by atoms with E-state index in [0.717, 1.165) is 47.7 Å². The highest BCUT2D eigenvalue weighted by molar-refractivity contribution is 7.07. The van der Waals surface area contributed by atoms with Gasteiger partial charge in [0.1, 0.15) is 0 Å². The molecule has 1 saturated carbocycles. The van der Waals surface area contributed by atoms with Crippen molar-refractivity contribution in [1.82, 2.24) is 20.2 Å². The number of benzene rings is 3. The summed E-state index contributed by atoms with van der Waals surface area (Å²) in [5, 5.41) is 15.2. The van der Waals surface area contributed by atoms with E-state index in [1.807, 2.05) is 91.0 Å². The van der Waals surface area contributed by atoms with Crippen molar-refractivity contribution in [2.75, 3.05) is 14.2 Å². The van der Waals surface area contributed by atoms with E-state index in [-0.39, 0.29) is 11.9 Å². The maximum atomic E-state index is 13.7. The van der Waals surface area contributed by atoms with Gasteiger partial charge in [-0.1, -0.05) is 110 Å². The number of rotatable bonds is 10. The molecule has 1 aliphatic rings. The molecule has 5 rings (SSSR count). The largest absolute Gasteiger partial charge is 0.468 e. The zero-order valence-electron chi connectivity index (χ0n) is 23.3. The molecule has 0 bridgehead atoms. The van der Waals surface area contributed by atoms with Crippen molar-refractivity contribution in [3.8, 4) is 0 Å². The van der Waals surface area contributed by atoms with E-state index in [9.17, 15) is 9.59 Å². The maximum Gasteiger partial charge on any atom is 0.335 e. The van der Waals surface area contributed by atoms with Crippen LogP contribution in [0.4, 0.5) is 0 Å². The van der Waals surface area contributed by atoms with Crippen molar-refractivity contribution in [1.29, 1.82) is 0 Å². The average Bonchev–Trinajstić information content (AvgIpc) is 3.53.